The molecular weight excluding hydrogens is 435 g/mol. The third-order valence-corrected chi connectivity index (χ3v) is 5.54. The van der Waals surface area contributed by atoms with Crippen molar-refractivity contribution >= 4 is 30.0 Å². The molecule has 0 spiro atoms. The van der Waals surface area contributed by atoms with Gasteiger partial charge < -0.3 is 4.74 Å². The van der Waals surface area contributed by atoms with Crippen molar-refractivity contribution in [2.24, 2.45) is 0 Å². The Hall–Kier alpha value is -3.66. The average Bonchev–Trinajstić information content (AvgIpc) is 3.25. The van der Waals surface area contributed by atoms with Gasteiger partial charge >= 0.3 is 5.97 Å². The summed E-state index contributed by atoms with van der Waals surface area (Å²) in [7, 11) is 1.41. The van der Waals surface area contributed by atoms with Crippen LogP contribution in [-0.4, -0.2) is 50.7 Å². The van der Waals surface area contributed by atoms with Crippen molar-refractivity contribution in [1.29, 1.82) is 0 Å². The number of rotatable bonds is 5. The highest BCUT2D eigenvalue weighted by molar-refractivity contribution is 7.71. The predicted octanol–water partition coefficient (Wildman–Crippen LogP) is 3.32. The topological polar surface area (TPSA) is 86.4 Å². The number of likely N-dealkylation sites (tertiary alicyclic amines) is 1. The van der Waals surface area contributed by atoms with Crippen LogP contribution in [0.15, 0.2) is 48.5 Å². The number of hydrogen-bond donors (Lipinski definition) is 0. The molecule has 0 saturated carbocycles. The molecule has 0 aliphatic carbocycles. The first kappa shape index (κ1) is 21.6. The van der Waals surface area contributed by atoms with Gasteiger partial charge in [0.1, 0.15) is 11.9 Å². The zero-order chi connectivity index (χ0) is 23.0. The van der Waals surface area contributed by atoms with Gasteiger partial charge in [-0.1, -0.05) is 12.1 Å². The van der Waals surface area contributed by atoms with E-state index in [-0.39, 0.29) is 23.7 Å². The van der Waals surface area contributed by atoms with Gasteiger partial charge in [-0.05, 0) is 55.5 Å². The van der Waals surface area contributed by atoms with Gasteiger partial charge in [0.05, 0.1) is 24.3 Å². The molecule has 1 aliphatic rings. The highest BCUT2D eigenvalue weighted by atomic mass is 32.1. The summed E-state index contributed by atoms with van der Waals surface area (Å²) in [6.45, 7) is 1.97. The molecule has 8 nitrogen and oxygen atoms in total. The van der Waals surface area contributed by atoms with Gasteiger partial charge in [-0.15, -0.1) is 0 Å². The number of amides is 2. The van der Waals surface area contributed by atoms with E-state index in [0.717, 1.165) is 4.90 Å². The molecule has 1 atom stereocenters. The number of likely N-dealkylation sites (N-methyl/N-ethyl adjacent to an activating group) is 1. The monoisotopic (exact) mass is 454 g/mol. The summed E-state index contributed by atoms with van der Waals surface area (Å²) in [6.07, 6.45) is -0.0644. The van der Waals surface area contributed by atoms with Crippen LogP contribution in [0, 0.1) is 10.6 Å². The van der Waals surface area contributed by atoms with Crippen LogP contribution in [0.1, 0.15) is 29.7 Å². The first-order valence-electron chi connectivity index (χ1n) is 9.87. The number of benzene rings is 2. The number of esters is 1. The molecule has 0 radical (unpaired) electrons. The fraction of sp³-hybridized carbons (Fsp3) is 0.227. The number of imide groups is 1. The Morgan fingerprint density at radius 1 is 1.22 bits per heavy atom. The van der Waals surface area contributed by atoms with Crippen LogP contribution < -0.4 is 0 Å². The second-order valence-corrected chi connectivity index (χ2v) is 7.54. The fourth-order valence-corrected chi connectivity index (χ4v) is 3.88. The van der Waals surface area contributed by atoms with Crippen LogP contribution in [0.2, 0.25) is 0 Å². The van der Waals surface area contributed by atoms with Crippen molar-refractivity contribution in [2.75, 3.05) is 13.7 Å². The van der Waals surface area contributed by atoms with Crippen LogP contribution in [0.4, 0.5) is 4.39 Å². The molecule has 0 N–H and O–H groups in total. The molecule has 10 heteroatoms. The van der Waals surface area contributed by atoms with E-state index < -0.39 is 23.7 Å². The molecule has 1 aromatic heterocycles. The second kappa shape index (κ2) is 8.46. The van der Waals surface area contributed by atoms with E-state index in [1.807, 2.05) is 0 Å². The average molecular weight is 454 g/mol. The minimum Gasteiger partial charge on any atom is -0.462 e. The molecule has 4 rings (SSSR count). The lowest BCUT2D eigenvalue weighted by atomic mass is 10.2. The van der Waals surface area contributed by atoms with E-state index in [9.17, 15) is 18.8 Å². The van der Waals surface area contributed by atoms with E-state index in [1.165, 1.54) is 23.9 Å². The zero-order valence-corrected chi connectivity index (χ0v) is 18.1. The third-order valence-electron chi connectivity index (χ3n) is 5.17. The van der Waals surface area contributed by atoms with E-state index >= 15 is 0 Å². The Labute approximate surface area is 187 Å². The summed E-state index contributed by atoms with van der Waals surface area (Å²) in [5.41, 5.74) is 1.35. The summed E-state index contributed by atoms with van der Waals surface area (Å²) in [5, 5.41) is 4.50. The zero-order valence-electron chi connectivity index (χ0n) is 17.3. The summed E-state index contributed by atoms with van der Waals surface area (Å²) < 4.78 is 22.0. The van der Waals surface area contributed by atoms with E-state index in [1.54, 1.807) is 47.9 Å². The smallest absolute Gasteiger partial charge is 0.338 e. The lowest BCUT2D eigenvalue weighted by Gasteiger charge is -2.09. The largest absolute Gasteiger partial charge is 0.462 e. The van der Waals surface area contributed by atoms with Crippen LogP contribution in [-0.2, 0) is 14.3 Å². The van der Waals surface area contributed by atoms with Crippen LogP contribution in [0.3, 0.4) is 0 Å². The van der Waals surface area contributed by atoms with Gasteiger partial charge in [0.2, 0.25) is 10.7 Å². The number of aromatic nitrogens is 3. The minimum absolute atomic E-state index is 0.0644. The maximum absolute atomic E-state index is 13.9. The summed E-state index contributed by atoms with van der Waals surface area (Å²) in [6, 6.07) is 11.4. The molecule has 1 saturated heterocycles. The summed E-state index contributed by atoms with van der Waals surface area (Å²) >= 11 is 5.62. The van der Waals surface area contributed by atoms with Gasteiger partial charge in [-0.25, -0.2) is 13.9 Å². The van der Waals surface area contributed by atoms with Crippen molar-refractivity contribution in [1.82, 2.24) is 19.2 Å². The Balaban J connectivity index is 1.86. The maximum Gasteiger partial charge on any atom is 0.338 e. The lowest BCUT2D eigenvalue weighted by Crippen LogP contribution is -2.27. The van der Waals surface area contributed by atoms with Gasteiger partial charge in [0.25, 0.3) is 5.91 Å². The van der Waals surface area contributed by atoms with E-state index in [0.29, 0.717) is 22.6 Å². The summed E-state index contributed by atoms with van der Waals surface area (Å²) in [5.74, 6) is -1.37. The summed E-state index contributed by atoms with van der Waals surface area (Å²) in [4.78, 5) is 37.6. The number of halogens is 1. The normalized spacial score (nSPS) is 16.0. The van der Waals surface area contributed by atoms with Crippen molar-refractivity contribution < 1.29 is 23.5 Å². The molecule has 164 valence electrons. The Morgan fingerprint density at radius 3 is 2.53 bits per heavy atom. The highest BCUT2D eigenvalue weighted by Gasteiger charge is 2.39. The molecule has 2 amide bonds. The first-order chi connectivity index (χ1) is 15.3. The highest BCUT2D eigenvalue weighted by Crippen LogP contribution is 2.29. The first-order valence-corrected chi connectivity index (χ1v) is 10.3. The lowest BCUT2D eigenvalue weighted by molar-refractivity contribution is -0.137. The number of ether oxygens (including phenoxy) is 1. The fourth-order valence-electron chi connectivity index (χ4n) is 3.52. The Kier molecular flexibility index (Phi) is 5.70. The van der Waals surface area contributed by atoms with E-state index in [2.05, 4.69) is 5.10 Å². The van der Waals surface area contributed by atoms with Gasteiger partial charge in [0, 0.05) is 12.6 Å². The molecule has 1 aliphatic heterocycles. The Bertz CT molecular complexity index is 1280. The van der Waals surface area contributed by atoms with Crippen molar-refractivity contribution in [3.8, 4) is 17.1 Å². The van der Waals surface area contributed by atoms with Gasteiger partial charge in [-0.3, -0.25) is 19.1 Å². The molecule has 1 unspecified atom stereocenters. The number of nitrogens with zero attached hydrogens (tertiary/aromatic N) is 4. The standard InChI is InChI=1S/C22H19FN4O4S/c1-3-31-21(30)13-7-9-16(10-8-13)26-19(14-5-4-6-15(23)11-14)24-27(22(26)32)17-12-18(28)25(2)20(17)29/h4-11,17H,3,12H2,1-2H3. The maximum atomic E-state index is 13.9. The second-order valence-electron chi connectivity index (χ2n) is 7.17. The molecule has 2 heterocycles. The van der Waals surface area contributed by atoms with Gasteiger partial charge in [0.15, 0.2) is 5.82 Å². The molecule has 3 aromatic rings. The SMILES string of the molecule is CCOC(=O)c1ccc(-n2c(-c3cccc(F)c3)nn(C3CC(=O)N(C)C3=O)c2=S)cc1. The number of hydrogen-bond acceptors (Lipinski definition) is 6. The molecule has 2 aromatic carbocycles. The van der Waals surface area contributed by atoms with Crippen molar-refractivity contribution in [3.05, 3.63) is 64.7 Å². The number of carbonyl (C=O) groups is 3. The van der Waals surface area contributed by atoms with Crippen molar-refractivity contribution in [3.63, 3.8) is 0 Å². The van der Waals surface area contributed by atoms with Crippen LogP contribution in [0.5, 0.6) is 0 Å². The molecular formula is C22H19FN4O4S. The van der Waals surface area contributed by atoms with Crippen LogP contribution >= 0.6 is 12.2 Å². The molecule has 0 bridgehead atoms. The third kappa shape index (κ3) is 3.73. The quantitative estimate of drug-likeness (QED) is 0.334. The van der Waals surface area contributed by atoms with Crippen molar-refractivity contribution in [2.45, 2.75) is 19.4 Å². The Morgan fingerprint density at radius 2 is 1.94 bits per heavy atom. The van der Waals surface area contributed by atoms with Gasteiger partial charge in [-0.2, -0.15) is 5.10 Å². The minimum atomic E-state index is -0.882. The van der Waals surface area contributed by atoms with E-state index in [4.69, 9.17) is 17.0 Å². The molecule has 32 heavy (non-hydrogen) atoms. The predicted molar refractivity (Wildman–Crippen MR) is 115 cm³/mol. The van der Waals surface area contributed by atoms with Crippen LogP contribution in [0.25, 0.3) is 17.1 Å². The molecule has 1 fully saturated rings. The number of carbonyl (C=O) groups excluding carboxylic acids is 3.